The molecule has 0 saturated carbocycles. The molecule has 2 atom stereocenters. The molecular formula is C25H54Cl2N4O3. The summed E-state index contributed by atoms with van der Waals surface area (Å²) in [6, 6.07) is -0.365. The maximum atomic E-state index is 12.8. The van der Waals surface area contributed by atoms with Crippen LogP contribution in [-0.2, 0) is 9.59 Å². The summed E-state index contributed by atoms with van der Waals surface area (Å²) in [5.41, 5.74) is 11.5. The van der Waals surface area contributed by atoms with Gasteiger partial charge in [0.25, 0.3) is 0 Å². The minimum absolute atomic E-state index is 0. The van der Waals surface area contributed by atoms with Gasteiger partial charge in [-0.3, -0.25) is 9.59 Å². The third-order valence-corrected chi connectivity index (χ3v) is 6.51. The number of unbranched alkanes of at least 4 members (excludes halogenated alkanes) is 10. The van der Waals surface area contributed by atoms with Crippen molar-refractivity contribution in [3.63, 3.8) is 0 Å². The van der Waals surface area contributed by atoms with Crippen molar-refractivity contribution in [3.8, 4) is 0 Å². The van der Waals surface area contributed by atoms with Gasteiger partial charge in [0, 0.05) is 25.6 Å². The number of nitrogens with two attached hydrogens (primary N) is 2. The topological polar surface area (TPSA) is 133 Å². The standard InChI is InChI=1S/C25H50N4O2.2ClH.H2O/c1-2-3-4-5-6-7-8-9-10-11-18-24(30)29-20-15-13-16-22(29)21-28-25(31)23(27)17-12-14-19-26;;;/h22-23H,2-21,26-27H2,1H3,(H,28,31);2*1H;1H2/t22-,23?;;;/m0.../s1. The summed E-state index contributed by atoms with van der Waals surface area (Å²) < 4.78 is 0. The highest BCUT2D eigenvalue weighted by molar-refractivity contribution is 5.85. The molecule has 1 aliphatic rings. The van der Waals surface area contributed by atoms with E-state index in [1.165, 1.54) is 51.4 Å². The van der Waals surface area contributed by atoms with Crippen LogP contribution in [0.1, 0.15) is 116 Å². The second-order valence-corrected chi connectivity index (χ2v) is 9.30. The number of hydrogen-bond donors (Lipinski definition) is 3. The summed E-state index contributed by atoms with van der Waals surface area (Å²) in [6.45, 7) is 4.23. The fraction of sp³-hybridized carbons (Fsp3) is 0.920. The molecule has 1 heterocycles. The van der Waals surface area contributed by atoms with Crippen molar-refractivity contribution < 1.29 is 15.1 Å². The largest absolute Gasteiger partial charge is 0.412 e. The Balaban J connectivity index is -0.00000320. The van der Waals surface area contributed by atoms with E-state index in [-0.39, 0.29) is 48.1 Å². The lowest BCUT2D eigenvalue weighted by Gasteiger charge is -2.36. The highest BCUT2D eigenvalue weighted by Crippen LogP contribution is 2.19. The van der Waals surface area contributed by atoms with Gasteiger partial charge in [0.1, 0.15) is 0 Å². The van der Waals surface area contributed by atoms with Gasteiger partial charge in [0.2, 0.25) is 11.8 Å². The Bertz CT molecular complexity index is 487. The number of likely N-dealkylation sites (tertiary alicyclic amines) is 1. The molecule has 2 amide bonds. The van der Waals surface area contributed by atoms with Crippen LogP contribution < -0.4 is 16.8 Å². The molecule has 0 aromatic carbocycles. The number of halogens is 2. The molecule has 1 saturated heterocycles. The smallest absolute Gasteiger partial charge is 0.236 e. The molecule has 1 fully saturated rings. The van der Waals surface area contributed by atoms with Gasteiger partial charge in [-0.05, 0) is 45.1 Å². The number of piperidine rings is 1. The Hall–Kier alpha value is -0.600. The lowest BCUT2D eigenvalue weighted by molar-refractivity contribution is -0.135. The highest BCUT2D eigenvalue weighted by Gasteiger charge is 2.27. The van der Waals surface area contributed by atoms with Crippen LogP contribution in [0.15, 0.2) is 0 Å². The number of hydrogen-bond acceptors (Lipinski definition) is 4. The predicted octanol–water partition coefficient (Wildman–Crippen LogP) is 4.27. The van der Waals surface area contributed by atoms with Crippen LogP contribution in [-0.4, -0.2) is 53.9 Å². The maximum Gasteiger partial charge on any atom is 0.236 e. The molecule has 0 spiro atoms. The van der Waals surface area contributed by atoms with E-state index in [2.05, 4.69) is 12.2 Å². The normalized spacial score (nSPS) is 16.0. The van der Waals surface area contributed by atoms with Gasteiger partial charge >= 0.3 is 0 Å². The summed E-state index contributed by atoms with van der Waals surface area (Å²) in [4.78, 5) is 27.0. The van der Waals surface area contributed by atoms with Gasteiger partial charge in [0.15, 0.2) is 0 Å². The van der Waals surface area contributed by atoms with Crippen LogP contribution in [0, 0.1) is 0 Å². The van der Waals surface area contributed by atoms with Crippen molar-refractivity contribution in [3.05, 3.63) is 0 Å². The van der Waals surface area contributed by atoms with E-state index < -0.39 is 6.04 Å². The van der Waals surface area contributed by atoms with Crippen molar-refractivity contribution in [1.82, 2.24) is 10.2 Å². The fourth-order valence-corrected chi connectivity index (χ4v) is 4.44. The van der Waals surface area contributed by atoms with Crippen LogP contribution in [0.2, 0.25) is 0 Å². The first-order valence-corrected chi connectivity index (χ1v) is 13.1. The van der Waals surface area contributed by atoms with Gasteiger partial charge in [0.05, 0.1) is 6.04 Å². The van der Waals surface area contributed by atoms with Crippen molar-refractivity contribution in [2.24, 2.45) is 11.5 Å². The summed E-state index contributed by atoms with van der Waals surface area (Å²) in [7, 11) is 0. The molecule has 34 heavy (non-hydrogen) atoms. The van der Waals surface area contributed by atoms with Gasteiger partial charge in [-0.15, -0.1) is 24.8 Å². The van der Waals surface area contributed by atoms with Crippen molar-refractivity contribution in [2.75, 3.05) is 19.6 Å². The van der Waals surface area contributed by atoms with Crippen LogP contribution in [0.25, 0.3) is 0 Å². The molecule has 206 valence electrons. The second-order valence-electron chi connectivity index (χ2n) is 9.30. The van der Waals surface area contributed by atoms with Gasteiger partial charge in [-0.25, -0.2) is 0 Å². The predicted molar refractivity (Wildman–Crippen MR) is 148 cm³/mol. The molecule has 0 radical (unpaired) electrons. The zero-order valence-corrected chi connectivity index (χ0v) is 23.2. The summed E-state index contributed by atoms with van der Waals surface area (Å²) in [6.07, 6.45) is 19.0. The van der Waals surface area contributed by atoms with Crippen molar-refractivity contribution in [1.29, 1.82) is 0 Å². The van der Waals surface area contributed by atoms with E-state index in [1.807, 2.05) is 4.90 Å². The number of nitrogens with one attached hydrogen (secondary N) is 1. The van der Waals surface area contributed by atoms with Crippen LogP contribution in [0.3, 0.4) is 0 Å². The quantitative estimate of drug-likeness (QED) is 0.229. The average Bonchev–Trinajstić information content (AvgIpc) is 2.78. The summed E-state index contributed by atoms with van der Waals surface area (Å²) in [5, 5.41) is 2.98. The van der Waals surface area contributed by atoms with Gasteiger partial charge in [-0.1, -0.05) is 71.1 Å². The minimum Gasteiger partial charge on any atom is -0.412 e. The molecule has 1 unspecified atom stereocenters. The summed E-state index contributed by atoms with van der Waals surface area (Å²) >= 11 is 0. The van der Waals surface area contributed by atoms with E-state index >= 15 is 0 Å². The Labute approximate surface area is 221 Å². The van der Waals surface area contributed by atoms with E-state index in [0.717, 1.165) is 51.5 Å². The molecule has 0 bridgehead atoms. The average molecular weight is 530 g/mol. The third-order valence-electron chi connectivity index (χ3n) is 6.51. The molecule has 1 rings (SSSR count). The molecule has 0 aromatic heterocycles. The number of carbonyl (C=O) groups is 2. The zero-order valence-electron chi connectivity index (χ0n) is 21.5. The molecular weight excluding hydrogens is 475 g/mol. The minimum atomic E-state index is -0.481. The first-order chi connectivity index (χ1) is 15.1. The molecule has 9 heteroatoms. The number of rotatable bonds is 18. The van der Waals surface area contributed by atoms with E-state index in [9.17, 15) is 9.59 Å². The number of carbonyl (C=O) groups excluding carboxylic acids is 2. The van der Waals surface area contributed by atoms with Crippen molar-refractivity contribution in [2.45, 2.75) is 128 Å². The van der Waals surface area contributed by atoms with Gasteiger partial charge in [-0.2, -0.15) is 0 Å². The van der Waals surface area contributed by atoms with E-state index in [4.69, 9.17) is 11.5 Å². The Morgan fingerprint density at radius 3 is 2.09 bits per heavy atom. The Kier molecular flexibility index (Phi) is 28.4. The number of nitrogens with zero attached hydrogens (tertiary/aromatic N) is 1. The monoisotopic (exact) mass is 528 g/mol. The van der Waals surface area contributed by atoms with Crippen molar-refractivity contribution >= 4 is 36.6 Å². The fourth-order valence-electron chi connectivity index (χ4n) is 4.44. The first kappa shape index (κ1) is 37.9. The molecule has 0 aliphatic carbocycles. The van der Waals surface area contributed by atoms with Crippen LogP contribution >= 0.6 is 24.8 Å². The highest BCUT2D eigenvalue weighted by atomic mass is 35.5. The Morgan fingerprint density at radius 1 is 0.912 bits per heavy atom. The number of amides is 2. The Morgan fingerprint density at radius 2 is 1.50 bits per heavy atom. The van der Waals surface area contributed by atoms with Crippen LogP contribution in [0.5, 0.6) is 0 Å². The first-order valence-electron chi connectivity index (χ1n) is 13.1. The maximum absolute atomic E-state index is 12.8. The molecule has 7 nitrogen and oxygen atoms in total. The lowest BCUT2D eigenvalue weighted by Crippen LogP contribution is -2.51. The molecule has 7 N–H and O–H groups in total. The van der Waals surface area contributed by atoms with E-state index in [0.29, 0.717) is 25.9 Å². The van der Waals surface area contributed by atoms with Gasteiger partial charge < -0.3 is 27.2 Å². The molecule has 0 aromatic rings. The lowest BCUT2D eigenvalue weighted by atomic mass is 10.0. The third kappa shape index (κ3) is 17.8. The second kappa shape index (κ2) is 25.5. The van der Waals surface area contributed by atoms with Crippen LogP contribution in [0.4, 0.5) is 0 Å². The zero-order chi connectivity index (χ0) is 22.7. The van der Waals surface area contributed by atoms with E-state index in [1.54, 1.807) is 0 Å². The SMILES string of the molecule is CCCCCCCCCCCCC(=O)N1CCCC[C@H]1CNC(=O)C(N)CCCCN.Cl.Cl.O. The summed E-state index contributed by atoms with van der Waals surface area (Å²) in [5.74, 6) is 0.149. The molecule has 1 aliphatic heterocycles.